The molecule has 1 aliphatic carbocycles. The molecule has 0 amide bonds. The van der Waals surface area contributed by atoms with Crippen molar-refractivity contribution in [2.45, 2.75) is 24.3 Å². The van der Waals surface area contributed by atoms with Crippen molar-refractivity contribution in [3.63, 3.8) is 0 Å². The van der Waals surface area contributed by atoms with Crippen molar-refractivity contribution in [2.75, 3.05) is 5.32 Å². The number of hydrogen-bond donors (Lipinski definition) is 1. The van der Waals surface area contributed by atoms with Crippen LogP contribution in [-0.4, -0.2) is 15.8 Å². The van der Waals surface area contributed by atoms with Crippen LogP contribution in [0.15, 0.2) is 24.3 Å². The van der Waals surface area contributed by atoms with Gasteiger partial charge in [-0.2, -0.15) is 4.37 Å². The summed E-state index contributed by atoms with van der Waals surface area (Å²) in [5.41, 5.74) is 1.08. The van der Waals surface area contributed by atoms with Gasteiger partial charge < -0.3 is 5.32 Å². The second kappa shape index (κ2) is 3.65. The minimum absolute atomic E-state index is 0.363. The maximum Gasteiger partial charge on any atom is 0.117 e. The normalized spacial score (nSPS) is 25.1. The highest BCUT2D eigenvalue weighted by atomic mass is 35.5. The summed E-state index contributed by atoms with van der Waals surface area (Å²) in [5, 5.41) is 6.27. The van der Waals surface area contributed by atoms with Crippen molar-refractivity contribution in [1.29, 1.82) is 0 Å². The summed E-state index contributed by atoms with van der Waals surface area (Å²) in [4.78, 5) is 0. The van der Waals surface area contributed by atoms with Gasteiger partial charge in [0.15, 0.2) is 0 Å². The Morgan fingerprint density at radius 2 is 2.13 bits per heavy atom. The third kappa shape index (κ3) is 1.70. The number of alkyl halides is 1. The van der Waals surface area contributed by atoms with E-state index in [1.807, 2.05) is 18.2 Å². The molecule has 0 aliphatic heterocycles. The van der Waals surface area contributed by atoms with Crippen molar-refractivity contribution in [3.05, 3.63) is 24.3 Å². The highest BCUT2D eigenvalue weighted by molar-refractivity contribution is 7.11. The molecular weight excluding hydrogens is 228 g/mol. The lowest BCUT2D eigenvalue weighted by molar-refractivity contribution is 0.456. The van der Waals surface area contributed by atoms with Gasteiger partial charge in [-0.1, -0.05) is 12.1 Å². The molecule has 4 heteroatoms. The van der Waals surface area contributed by atoms with Gasteiger partial charge in [-0.3, -0.25) is 0 Å². The number of fused-ring (bicyclic) bond motifs is 1. The fourth-order valence-electron chi connectivity index (χ4n) is 1.85. The monoisotopic (exact) mass is 238 g/mol. The van der Waals surface area contributed by atoms with Crippen LogP contribution < -0.4 is 5.32 Å². The van der Waals surface area contributed by atoms with Gasteiger partial charge in [0.2, 0.25) is 0 Å². The standard InChI is InChI=1S/C11H11ClN2S/c12-7-5-8(6-7)13-11-9-3-1-2-4-10(9)14-15-11/h1-4,7-8,13H,5-6H2. The first-order valence-corrected chi connectivity index (χ1v) is 6.29. The number of rotatable bonds is 2. The Morgan fingerprint density at radius 3 is 2.93 bits per heavy atom. The third-order valence-corrected chi connectivity index (χ3v) is 3.96. The van der Waals surface area contributed by atoms with Crippen molar-refractivity contribution in [3.8, 4) is 0 Å². The van der Waals surface area contributed by atoms with E-state index in [4.69, 9.17) is 11.6 Å². The van der Waals surface area contributed by atoms with Gasteiger partial charge in [-0.25, -0.2) is 0 Å². The van der Waals surface area contributed by atoms with Gasteiger partial charge in [-0.15, -0.1) is 11.6 Å². The number of hydrogen-bond acceptors (Lipinski definition) is 3. The van der Waals surface area contributed by atoms with Crippen LogP contribution in [0.2, 0.25) is 0 Å². The molecule has 1 aromatic carbocycles. The largest absolute Gasteiger partial charge is 0.372 e. The van der Waals surface area contributed by atoms with E-state index in [9.17, 15) is 0 Å². The molecule has 1 saturated carbocycles. The quantitative estimate of drug-likeness (QED) is 0.811. The van der Waals surface area contributed by atoms with Crippen LogP contribution in [0.5, 0.6) is 0 Å². The van der Waals surface area contributed by atoms with Crippen molar-refractivity contribution < 1.29 is 0 Å². The molecule has 1 N–H and O–H groups in total. The molecule has 15 heavy (non-hydrogen) atoms. The van der Waals surface area contributed by atoms with Gasteiger partial charge >= 0.3 is 0 Å². The Morgan fingerprint density at radius 1 is 1.33 bits per heavy atom. The minimum Gasteiger partial charge on any atom is -0.372 e. The van der Waals surface area contributed by atoms with Crippen LogP contribution in [-0.2, 0) is 0 Å². The topological polar surface area (TPSA) is 24.9 Å². The summed E-state index contributed by atoms with van der Waals surface area (Å²) in [6.07, 6.45) is 2.13. The fourth-order valence-corrected chi connectivity index (χ4v) is 3.11. The van der Waals surface area contributed by atoms with E-state index in [-0.39, 0.29) is 0 Å². The molecule has 0 atom stereocenters. The maximum absolute atomic E-state index is 5.95. The number of nitrogens with zero attached hydrogens (tertiary/aromatic N) is 1. The van der Waals surface area contributed by atoms with Gasteiger partial charge in [-0.05, 0) is 36.5 Å². The zero-order valence-electron chi connectivity index (χ0n) is 8.11. The second-order valence-corrected chi connectivity index (χ2v) is 5.33. The summed E-state index contributed by atoms with van der Waals surface area (Å²) in [7, 11) is 0. The Balaban J connectivity index is 1.85. The number of aromatic nitrogens is 1. The van der Waals surface area contributed by atoms with E-state index in [1.54, 1.807) is 0 Å². The zero-order chi connectivity index (χ0) is 10.3. The summed E-state index contributed by atoms with van der Waals surface area (Å²) in [6.45, 7) is 0. The van der Waals surface area contributed by atoms with Crippen LogP contribution >= 0.6 is 23.1 Å². The Bertz CT molecular complexity index is 476. The van der Waals surface area contributed by atoms with Gasteiger partial charge in [0.1, 0.15) is 5.00 Å². The summed E-state index contributed by atoms with van der Waals surface area (Å²) < 4.78 is 4.40. The summed E-state index contributed by atoms with van der Waals surface area (Å²) in [6, 6.07) is 8.76. The van der Waals surface area contributed by atoms with Crippen LogP contribution in [0.25, 0.3) is 10.9 Å². The first-order chi connectivity index (χ1) is 7.33. The maximum atomic E-state index is 5.95. The average Bonchev–Trinajstić information content (AvgIpc) is 2.60. The lowest BCUT2D eigenvalue weighted by Gasteiger charge is -2.31. The molecule has 2 aromatic rings. The van der Waals surface area contributed by atoms with E-state index in [2.05, 4.69) is 15.8 Å². The van der Waals surface area contributed by atoms with Crippen molar-refractivity contribution in [2.24, 2.45) is 0 Å². The molecule has 1 aliphatic rings. The molecular formula is C11H11ClN2S. The molecule has 1 fully saturated rings. The van der Waals surface area contributed by atoms with Crippen molar-refractivity contribution in [1.82, 2.24) is 4.37 Å². The summed E-state index contributed by atoms with van der Waals surface area (Å²) in [5.74, 6) is 0. The molecule has 0 radical (unpaired) electrons. The van der Waals surface area contributed by atoms with Crippen LogP contribution in [0.1, 0.15) is 12.8 Å². The van der Waals surface area contributed by atoms with E-state index in [0.717, 1.165) is 18.4 Å². The molecule has 0 bridgehead atoms. The molecule has 78 valence electrons. The fraction of sp³-hybridized carbons (Fsp3) is 0.364. The highest BCUT2D eigenvalue weighted by Gasteiger charge is 2.27. The Kier molecular flexibility index (Phi) is 2.29. The summed E-state index contributed by atoms with van der Waals surface area (Å²) >= 11 is 7.49. The van der Waals surface area contributed by atoms with Gasteiger partial charge in [0.05, 0.1) is 5.52 Å². The lowest BCUT2D eigenvalue weighted by Crippen LogP contribution is -2.35. The third-order valence-electron chi connectivity index (χ3n) is 2.80. The Labute approximate surface area is 97.4 Å². The number of benzene rings is 1. The lowest BCUT2D eigenvalue weighted by atomic mass is 9.92. The van der Waals surface area contributed by atoms with Crippen LogP contribution in [0.3, 0.4) is 0 Å². The molecule has 2 nitrogen and oxygen atoms in total. The highest BCUT2D eigenvalue weighted by Crippen LogP contribution is 2.33. The van der Waals surface area contributed by atoms with E-state index >= 15 is 0 Å². The predicted octanol–water partition coefficient (Wildman–Crippen LogP) is 3.48. The molecule has 1 heterocycles. The van der Waals surface area contributed by atoms with Gasteiger partial charge in [0, 0.05) is 16.8 Å². The average molecular weight is 239 g/mol. The Hall–Kier alpha value is -0.800. The van der Waals surface area contributed by atoms with Crippen molar-refractivity contribution >= 4 is 39.0 Å². The predicted molar refractivity (Wildman–Crippen MR) is 65.9 cm³/mol. The molecule has 0 unspecified atom stereocenters. The smallest absolute Gasteiger partial charge is 0.117 e. The number of nitrogens with one attached hydrogen (secondary N) is 1. The van der Waals surface area contributed by atoms with Gasteiger partial charge in [0.25, 0.3) is 0 Å². The number of halogens is 1. The first kappa shape index (κ1) is 9.43. The molecule has 3 rings (SSSR count). The molecule has 0 spiro atoms. The van der Waals surface area contributed by atoms with E-state index in [0.29, 0.717) is 11.4 Å². The first-order valence-electron chi connectivity index (χ1n) is 5.08. The van der Waals surface area contributed by atoms with Crippen LogP contribution in [0.4, 0.5) is 5.00 Å². The van der Waals surface area contributed by atoms with E-state index < -0.39 is 0 Å². The molecule has 1 aromatic heterocycles. The van der Waals surface area contributed by atoms with E-state index in [1.165, 1.54) is 21.9 Å². The molecule has 0 saturated heterocycles. The zero-order valence-corrected chi connectivity index (χ0v) is 9.68. The van der Waals surface area contributed by atoms with Crippen LogP contribution in [0, 0.1) is 0 Å². The minimum atomic E-state index is 0.363. The number of anilines is 1. The SMILES string of the molecule is ClC1CC(Nc2snc3ccccc23)C1. The second-order valence-electron chi connectivity index (χ2n) is 3.94.